The summed E-state index contributed by atoms with van der Waals surface area (Å²) in [4.78, 5) is 14.3. The molecule has 1 fully saturated rings. The van der Waals surface area contributed by atoms with E-state index in [0.29, 0.717) is 13.1 Å². The van der Waals surface area contributed by atoms with E-state index in [9.17, 15) is 13.2 Å². The second kappa shape index (κ2) is 7.20. The third-order valence-corrected chi connectivity index (χ3v) is 5.94. The van der Waals surface area contributed by atoms with Crippen LogP contribution in [0.25, 0.3) is 0 Å². The molecule has 0 aliphatic carbocycles. The second-order valence-electron chi connectivity index (χ2n) is 6.62. The zero-order valence-corrected chi connectivity index (χ0v) is 15.9. The van der Waals surface area contributed by atoms with Crippen LogP contribution in [-0.4, -0.2) is 54.1 Å². The van der Waals surface area contributed by atoms with E-state index in [-0.39, 0.29) is 28.5 Å². The zero-order chi connectivity index (χ0) is 18.9. The van der Waals surface area contributed by atoms with E-state index in [0.717, 1.165) is 18.7 Å². The molecule has 0 aromatic carbocycles. The number of piperidine rings is 1. The first-order valence-corrected chi connectivity index (χ1v) is 10.0. The Morgan fingerprint density at radius 1 is 1.35 bits per heavy atom. The van der Waals surface area contributed by atoms with Crippen molar-refractivity contribution in [2.45, 2.75) is 43.7 Å². The fourth-order valence-corrected chi connectivity index (χ4v) is 3.79. The van der Waals surface area contributed by atoms with Crippen molar-refractivity contribution in [3.63, 3.8) is 0 Å². The summed E-state index contributed by atoms with van der Waals surface area (Å²) in [5.74, 6) is 0.987. The SMILES string of the molecule is CNS(=O)(=O)c1cc(C(=O)N2CCC(c3nncn3C(C)C)CC2)co1. The topological polar surface area (TPSA) is 110 Å². The number of hydrogen-bond donors (Lipinski definition) is 1. The van der Waals surface area contributed by atoms with Crippen LogP contribution in [0, 0.1) is 0 Å². The molecule has 0 unspecified atom stereocenters. The van der Waals surface area contributed by atoms with Gasteiger partial charge in [-0.2, -0.15) is 0 Å². The predicted octanol–water partition coefficient (Wildman–Crippen LogP) is 1.38. The number of carbonyl (C=O) groups is 1. The monoisotopic (exact) mass is 381 g/mol. The number of aromatic nitrogens is 3. The summed E-state index contributed by atoms with van der Waals surface area (Å²) in [5.41, 5.74) is 0.239. The summed E-state index contributed by atoms with van der Waals surface area (Å²) in [6.07, 6.45) is 4.51. The number of carbonyl (C=O) groups excluding carboxylic acids is 1. The van der Waals surface area contributed by atoms with Gasteiger partial charge in [0.25, 0.3) is 15.9 Å². The molecular formula is C16H23N5O4S. The quantitative estimate of drug-likeness (QED) is 0.838. The number of likely N-dealkylation sites (tertiary alicyclic amines) is 1. The molecule has 3 rings (SSSR count). The molecule has 1 aliphatic rings. The van der Waals surface area contributed by atoms with Crippen LogP contribution in [-0.2, 0) is 10.0 Å². The lowest BCUT2D eigenvalue weighted by Gasteiger charge is -2.31. The number of hydrogen-bond acceptors (Lipinski definition) is 6. The molecule has 10 heteroatoms. The Labute approximate surface area is 152 Å². The minimum atomic E-state index is -3.70. The highest BCUT2D eigenvalue weighted by atomic mass is 32.2. The van der Waals surface area contributed by atoms with Crippen LogP contribution < -0.4 is 4.72 Å². The van der Waals surface area contributed by atoms with Crippen LogP contribution in [0.15, 0.2) is 28.2 Å². The molecule has 9 nitrogen and oxygen atoms in total. The summed E-state index contributed by atoms with van der Waals surface area (Å²) in [6, 6.07) is 1.55. The first-order valence-electron chi connectivity index (χ1n) is 8.54. The van der Waals surface area contributed by atoms with Gasteiger partial charge in [0.05, 0.1) is 5.56 Å². The van der Waals surface area contributed by atoms with E-state index in [2.05, 4.69) is 33.3 Å². The third-order valence-electron chi connectivity index (χ3n) is 4.66. The Hall–Kier alpha value is -2.20. The van der Waals surface area contributed by atoms with Gasteiger partial charge < -0.3 is 13.9 Å². The van der Waals surface area contributed by atoms with E-state index < -0.39 is 10.0 Å². The summed E-state index contributed by atoms with van der Waals surface area (Å²) in [6.45, 7) is 5.32. The van der Waals surface area contributed by atoms with Gasteiger partial charge in [0.2, 0.25) is 5.09 Å². The molecule has 3 heterocycles. The summed E-state index contributed by atoms with van der Waals surface area (Å²) >= 11 is 0. The first-order chi connectivity index (χ1) is 12.3. The van der Waals surface area contributed by atoms with Crippen LogP contribution in [0.3, 0.4) is 0 Å². The van der Waals surface area contributed by atoms with E-state index in [1.807, 2.05) is 0 Å². The van der Waals surface area contributed by atoms with E-state index >= 15 is 0 Å². The van der Waals surface area contributed by atoms with Crippen molar-refractivity contribution < 1.29 is 17.6 Å². The highest BCUT2D eigenvalue weighted by molar-refractivity contribution is 7.89. The molecule has 142 valence electrons. The van der Waals surface area contributed by atoms with Gasteiger partial charge in [-0.15, -0.1) is 10.2 Å². The molecule has 2 aromatic heterocycles. The molecular weight excluding hydrogens is 358 g/mol. The number of nitrogens with zero attached hydrogens (tertiary/aromatic N) is 4. The van der Waals surface area contributed by atoms with Crippen molar-refractivity contribution in [2.75, 3.05) is 20.1 Å². The highest BCUT2D eigenvalue weighted by Gasteiger charge is 2.29. The standard InChI is InChI=1S/C16H23N5O4S/c1-11(2)21-10-18-19-15(21)12-4-6-20(7-5-12)16(22)13-8-14(25-9-13)26(23,24)17-3/h8-12,17H,4-7H2,1-3H3. The van der Waals surface area contributed by atoms with E-state index in [4.69, 9.17) is 4.42 Å². The number of nitrogens with one attached hydrogen (secondary N) is 1. The Balaban J connectivity index is 1.66. The van der Waals surface area contributed by atoms with Crippen LogP contribution in [0.2, 0.25) is 0 Å². The molecule has 2 aromatic rings. The van der Waals surface area contributed by atoms with Gasteiger partial charge in [-0.1, -0.05) is 0 Å². The maximum atomic E-state index is 12.6. The maximum absolute atomic E-state index is 12.6. The predicted molar refractivity (Wildman–Crippen MR) is 93.2 cm³/mol. The fraction of sp³-hybridized carbons (Fsp3) is 0.562. The molecule has 0 spiro atoms. The number of sulfonamides is 1. The highest BCUT2D eigenvalue weighted by Crippen LogP contribution is 2.29. The average Bonchev–Trinajstić information content (AvgIpc) is 3.31. The molecule has 0 bridgehead atoms. The summed E-state index contributed by atoms with van der Waals surface area (Å²) in [5, 5.41) is 8.00. The van der Waals surface area contributed by atoms with Crippen LogP contribution in [0.5, 0.6) is 0 Å². The molecule has 1 aliphatic heterocycles. The largest absolute Gasteiger partial charge is 0.451 e. The molecule has 0 atom stereocenters. The lowest BCUT2D eigenvalue weighted by atomic mass is 9.95. The number of amides is 1. The Morgan fingerprint density at radius 3 is 2.65 bits per heavy atom. The van der Waals surface area contributed by atoms with Crippen molar-refractivity contribution in [1.29, 1.82) is 0 Å². The summed E-state index contributed by atoms with van der Waals surface area (Å²) < 4.78 is 32.7. The van der Waals surface area contributed by atoms with Crippen molar-refractivity contribution >= 4 is 15.9 Å². The van der Waals surface area contributed by atoms with Crippen LogP contribution >= 0.6 is 0 Å². The Morgan fingerprint density at radius 2 is 2.04 bits per heavy atom. The van der Waals surface area contributed by atoms with Gasteiger partial charge >= 0.3 is 0 Å². The van der Waals surface area contributed by atoms with E-state index in [1.165, 1.54) is 19.4 Å². The zero-order valence-electron chi connectivity index (χ0n) is 15.0. The minimum absolute atomic E-state index is 0.227. The Bertz CT molecular complexity index is 878. The third kappa shape index (κ3) is 3.51. The smallest absolute Gasteiger partial charge is 0.273 e. The summed E-state index contributed by atoms with van der Waals surface area (Å²) in [7, 11) is -2.41. The maximum Gasteiger partial charge on any atom is 0.273 e. The van der Waals surface area contributed by atoms with Gasteiger partial charge in [-0.3, -0.25) is 4.79 Å². The van der Waals surface area contributed by atoms with Gasteiger partial charge in [0.1, 0.15) is 18.4 Å². The van der Waals surface area contributed by atoms with Gasteiger partial charge in [-0.05, 0) is 33.7 Å². The average molecular weight is 381 g/mol. The lowest BCUT2D eigenvalue weighted by Crippen LogP contribution is -2.38. The number of furan rings is 1. The molecule has 0 radical (unpaired) electrons. The molecule has 1 N–H and O–H groups in total. The van der Waals surface area contributed by atoms with E-state index in [1.54, 1.807) is 11.2 Å². The fourth-order valence-electron chi connectivity index (χ4n) is 3.14. The normalized spacial score (nSPS) is 16.4. The van der Waals surface area contributed by atoms with Gasteiger partial charge in [0, 0.05) is 31.1 Å². The van der Waals surface area contributed by atoms with Crippen LogP contribution in [0.4, 0.5) is 0 Å². The molecule has 1 saturated heterocycles. The van der Waals surface area contributed by atoms with Crippen molar-refractivity contribution in [2.24, 2.45) is 0 Å². The van der Waals surface area contributed by atoms with Crippen molar-refractivity contribution in [3.8, 4) is 0 Å². The second-order valence-corrected chi connectivity index (χ2v) is 8.44. The van der Waals surface area contributed by atoms with Crippen molar-refractivity contribution in [1.82, 2.24) is 24.4 Å². The lowest BCUT2D eigenvalue weighted by molar-refractivity contribution is 0.0709. The van der Waals surface area contributed by atoms with Gasteiger partial charge in [0.15, 0.2) is 0 Å². The molecule has 1 amide bonds. The number of rotatable bonds is 5. The Kier molecular flexibility index (Phi) is 5.15. The molecule has 26 heavy (non-hydrogen) atoms. The van der Waals surface area contributed by atoms with Gasteiger partial charge in [-0.25, -0.2) is 13.1 Å². The van der Waals surface area contributed by atoms with Crippen LogP contribution in [0.1, 0.15) is 54.8 Å². The minimum Gasteiger partial charge on any atom is -0.451 e. The van der Waals surface area contributed by atoms with Crippen molar-refractivity contribution in [3.05, 3.63) is 30.0 Å². The first kappa shape index (κ1) is 18.6. The molecule has 0 saturated carbocycles.